The Hall–Kier alpha value is -2.73. The maximum atomic E-state index is 13.0. The normalized spacial score (nSPS) is 17.6. The Morgan fingerprint density at radius 1 is 0.750 bits per heavy atom. The zero-order valence-electron chi connectivity index (χ0n) is 19.1. The molecule has 3 amide bonds. The highest BCUT2D eigenvalue weighted by Crippen LogP contribution is 2.13. The van der Waals surface area contributed by atoms with Gasteiger partial charge in [-0.3, -0.25) is 19.2 Å². The first-order valence-corrected chi connectivity index (χ1v) is 10.6. The molecular weight excluding hydrogens is 424 g/mol. The standard InChI is InChI=1S/C20H36N4O8/c1-6-9(3)14(22-17(28)12(21)8-13(26)27)18(29)23-15(10(4)7-2)19(30)24-16(11(5)25)20(31)32/h9-12,14-16,25H,6-8,21H2,1-5H3,(H,22,28)(H,23,29)(H,24,30)(H,26,27)(H,31,32). The van der Waals surface area contributed by atoms with Crippen molar-refractivity contribution in [3.8, 4) is 0 Å². The summed E-state index contributed by atoms with van der Waals surface area (Å²) in [5.41, 5.74) is 5.57. The molecule has 0 rings (SSSR count). The fraction of sp³-hybridized carbons (Fsp3) is 0.750. The Morgan fingerprint density at radius 3 is 1.44 bits per heavy atom. The summed E-state index contributed by atoms with van der Waals surface area (Å²) in [7, 11) is 0. The van der Waals surface area contributed by atoms with Gasteiger partial charge in [-0.25, -0.2) is 4.79 Å². The van der Waals surface area contributed by atoms with Crippen LogP contribution in [-0.4, -0.2) is 75.3 Å². The first-order valence-electron chi connectivity index (χ1n) is 10.6. The van der Waals surface area contributed by atoms with Crippen LogP contribution < -0.4 is 21.7 Å². The van der Waals surface area contributed by atoms with Crippen molar-refractivity contribution in [2.24, 2.45) is 17.6 Å². The van der Waals surface area contributed by atoms with E-state index in [4.69, 9.17) is 10.8 Å². The monoisotopic (exact) mass is 460 g/mol. The zero-order chi connectivity index (χ0) is 25.2. The van der Waals surface area contributed by atoms with Gasteiger partial charge in [-0.15, -0.1) is 0 Å². The summed E-state index contributed by atoms with van der Waals surface area (Å²) in [6.45, 7) is 8.15. The zero-order valence-corrected chi connectivity index (χ0v) is 19.1. The molecule has 0 fully saturated rings. The number of aliphatic hydroxyl groups excluding tert-OH is 1. The van der Waals surface area contributed by atoms with Crippen LogP contribution in [0.3, 0.4) is 0 Å². The van der Waals surface area contributed by atoms with E-state index in [2.05, 4.69) is 16.0 Å². The number of aliphatic hydroxyl groups is 1. The molecule has 0 aliphatic carbocycles. The molecule has 7 unspecified atom stereocenters. The highest BCUT2D eigenvalue weighted by molar-refractivity contribution is 5.95. The largest absolute Gasteiger partial charge is 0.481 e. The fourth-order valence-electron chi connectivity index (χ4n) is 2.82. The van der Waals surface area contributed by atoms with Crippen molar-refractivity contribution in [3.05, 3.63) is 0 Å². The Labute approximate surface area is 187 Å². The maximum Gasteiger partial charge on any atom is 0.328 e. The van der Waals surface area contributed by atoms with Gasteiger partial charge in [0.25, 0.3) is 0 Å². The van der Waals surface area contributed by atoms with Gasteiger partial charge < -0.3 is 37.0 Å². The van der Waals surface area contributed by atoms with E-state index in [1.807, 2.05) is 0 Å². The Kier molecular flexibility index (Phi) is 12.5. The number of hydrogen-bond donors (Lipinski definition) is 7. The molecule has 0 heterocycles. The van der Waals surface area contributed by atoms with Crippen LogP contribution in [0.4, 0.5) is 0 Å². The first-order chi connectivity index (χ1) is 14.8. The third kappa shape index (κ3) is 9.18. The van der Waals surface area contributed by atoms with E-state index in [0.717, 1.165) is 0 Å². The van der Waals surface area contributed by atoms with Gasteiger partial charge in [0.05, 0.1) is 18.6 Å². The highest BCUT2D eigenvalue weighted by Gasteiger charge is 2.35. The van der Waals surface area contributed by atoms with Crippen LogP contribution in [0.2, 0.25) is 0 Å². The van der Waals surface area contributed by atoms with Gasteiger partial charge in [0.15, 0.2) is 6.04 Å². The van der Waals surface area contributed by atoms with Gasteiger partial charge in [0, 0.05) is 0 Å². The molecule has 32 heavy (non-hydrogen) atoms. The highest BCUT2D eigenvalue weighted by atomic mass is 16.4. The van der Waals surface area contributed by atoms with E-state index in [0.29, 0.717) is 12.8 Å². The molecule has 0 aromatic carbocycles. The van der Waals surface area contributed by atoms with Crippen LogP contribution in [0.1, 0.15) is 53.9 Å². The average molecular weight is 461 g/mol. The van der Waals surface area contributed by atoms with Crippen LogP contribution in [0.15, 0.2) is 0 Å². The fourth-order valence-corrected chi connectivity index (χ4v) is 2.82. The van der Waals surface area contributed by atoms with Gasteiger partial charge in [0.1, 0.15) is 12.1 Å². The predicted octanol–water partition coefficient (Wildman–Crippen LogP) is -1.20. The summed E-state index contributed by atoms with van der Waals surface area (Å²) in [6.07, 6.45) is -1.04. The number of carbonyl (C=O) groups excluding carboxylic acids is 3. The molecule has 0 bridgehead atoms. The second-order valence-electron chi connectivity index (χ2n) is 8.01. The van der Waals surface area contributed by atoms with Crippen molar-refractivity contribution in [2.75, 3.05) is 0 Å². The van der Waals surface area contributed by atoms with Crippen molar-refractivity contribution in [3.63, 3.8) is 0 Å². The lowest BCUT2D eigenvalue weighted by atomic mass is 9.94. The van der Waals surface area contributed by atoms with Gasteiger partial charge in [-0.05, 0) is 18.8 Å². The molecule has 0 aliphatic heterocycles. The molecule has 7 atom stereocenters. The van der Waals surface area contributed by atoms with Crippen molar-refractivity contribution in [1.29, 1.82) is 0 Å². The summed E-state index contributed by atoms with van der Waals surface area (Å²) >= 11 is 0. The number of rotatable bonds is 14. The Bertz CT molecular complexity index is 685. The Morgan fingerprint density at radius 2 is 1.12 bits per heavy atom. The minimum absolute atomic E-state index is 0.374. The molecule has 184 valence electrons. The number of nitrogens with two attached hydrogens (primary N) is 1. The number of carbonyl (C=O) groups is 5. The van der Waals surface area contributed by atoms with E-state index in [1.54, 1.807) is 27.7 Å². The van der Waals surface area contributed by atoms with Gasteiger partial charge in [-0.2, -0.15) is 0 Å². The molecule has 0 saturated carbocycles. The lowest BCUT2D eigenvalue weighted by Gasteiger charge is -2.30. The number of carboxylic acid groups (broad SMARTS) is 2. The van der Waals surface area contributed by atoms with E-state index in [9.17, 15) is 34.2 Å². The summed E-state index contributed by atoms with van der Waals surface area (Å²) < 4.78 is 0. The second kappa shape index (κ2) is 13.6. The van der Waals surface area contributed by atoms with Crippen molar-refractivity contribution in [1.82, 2.24) is 16.0 Å². The van der Waals surface area contributed by atoms with Crippen molar-refractivity contribution >= 4 is 29.7 Å². The topological polar surface area (TPSA) is 208 Å². The number of aliphatic carboxylic acids is 2. The number of nitrogens with one attached hydrogen (secondary N) is 3. The van der Waals surface area contributed by atoms with E-state index in [1.165, 1.54) is 6.92 Å². The molecule has 0 radical (unpaired) electrons. The minimum Gasteiger partial charge on any atom is -0.481 e. The third-order valence-corrected chi connectivity index (χ3v) is 5.36. The molecule has 0 aromatic rings. The quantitative estimate of drug-likeness (QED) is 0.166. The summed E-state index contributed by atoms with van der Waals surface area (Å²) in [4.78, 5) is 60.1. The maximum absolute atomic E-state index is 13.0. The molecule has 12 heteroatoms. The number of hydrogen-bond acceptors (Lipinski definition) is 7. The van der Waals surface area contributed by atoms with Crippen LogP contribution in [0, 0.1) is 11.8 Å². The predicted molar refractivity (Wildman–Crippen MR) is 114 cm³/mol. The van der Waals surface area contributed by atoms with Crippen molar-refractivity contribution < 1.29 is 39.3 Å². The second-order valence-corrected chi connectivity index (χ2v) is 8.01. The van der Waals surface area contributed by atoms with E-state index >= 15 is 0 Å². The molecule has 0 spiro atoms. The first kappa shape index (κ1) is 29.3. The minimum atomic E-state index is -1.56. The summed E-state index contributed by atoms with van der Waals surface area (Å²) in [5.74, 6) is -5.78. The molecule has 0 aliphatic rings. The van der Waals surface area contributed by atoms with E-state index < -0.39 is 72.3 Å². The molecule has 12 nitrogen and oxygen atoms in total. The summed E-state index contributed by atoms with van der Waals surface area (Å²) in [5, 5.41) is 34.8. The smallest absolute Gasteiger partial charge is 0.328 e. The van der Waals surface area contributed by atoms with Crippen molar-refractivity contribution in [2.45, 2.75) is 84.2 Å². The lowest BCUT2D eigenvalue weighted by molar-refractivity contribution is -0.145. The van der Waals surface area contributed by atoms with Gasteiger partial charge in [-0.1, -0.05) is 40.5 Å². The molecular formula is C20H36N4O8. The lowest BCUT2D eigenvalue weighted by Crippen LogP contribution is -2.60. The van der Waals surface area contributed by atoms with Gasteiger partial charge >= 0.3 is 11.9 Å². The molecule has 8 N–H and O–H groups in total. The summed E-state index contributed by atoms with van der Waals surface area (Å²) in [6, 6.07) is -5.16. The average Bonchev–Trinajstić information content (AvgIpc) is 2.71. The van der Waals surface area contributed by atoms with Crippen LogP contribution >= 0.6 is 0 Å². The number of carboxylic acids is 2. The number of amides is 3. The van der Waals surface area contributed by atoms with Gasteiger partial charge in [0.2, 0.25) is 17.7 Å². The SMILES string of the molecule is CCC(C)C(NC(=O)C(N)CC(=O)O)C(=O)NC(C(=O)NC(C(=O)O)C(C)O)C(C)CC. The molecule has 0 aromatic heterocycles. The third-order valence-electron chi connectivity index (χ3n) is 5.36. The van der Waals surface area contributed by atoms with Crippen LogP contribution in [-0.2, 0) is 24.0 Å². The van der Waals surface area contributed by atoms with E-state index in [-0.39, 0.29) is 5.92 Å². The Balaban J connectivity index is 5.62. The van der Waals surface area contributed by atoms with Crippen LogP contribution in [0.25, 0.3) is 0 Å². The van der Waals surface area contributed by atoms with Crippen LogP contribution in [0.5, 0.6) is 0 Å². The molecule has 0 saturated heterocycles.